The van der Waals surface area contributed by atoms with Gasteiger partial charge in [-0.1, -0.05) is 0 Å². The molecule has 6 rings (SSSR count). The van der Waals surface area contributed by atoms with Crippen molar-refractivity contribution < 1.29 is 23.8 Å². The van der Waals surface area contributed by atoms with Crippen LogP contribution >= 0.6 is 0 Å². The van der Waals surface area contributed by atoms with Gasteiger partial charge in [0.2, 0.25) is 0 Å². The molecule has 5 heterocycles. The molecule has 3 aromatic heterocycles. The molecule has 9 nitrogen and oxygen atoms in total. The lowest BCUT2D eigenvalue weighted by atomic mass is 9.93. The van der Waals surface area contributed by atoms with Gasteiger partial charge in [-0.25, -0.2) is 4.39 Å². The van der Waals surface area contributed by atoms with E-state index in [9.17, 15) is 4.39 Å². The van der Waals surface area contributed by atoms with Gasteiger partial charge < -0.3 is 14.6 Å². The van der Waals surface area contributed by atoms with E-state index in [0.717, 1.165) is 56.5 Å². The van der Waals surface area contributed by atoms with Crippen LogP contribution in [0.1, 0.15) is 34.1 Å². The van der Waals surface area contributed by atoms with Crippen LogP contribution in [0.3, 0.4) is 0 Å². The van der Waals surface area contributed by atoms with Gasteiger partial charge in [-0.3, -0.25) is 13.9 Å². The largest absolute Gasteiger partial charge is 0.493 e. The van der Waals surface area contributed by atoms with Gasteiger partial charge in [0.15, 0.2) is 5.65 Å². The number of carbonyl (C=O) groups is 1. The van der Waals surface area contributed by atoms with Crippen molar-refractivity contribution in [1.29, 1.82) is 0 Å². The van der Waals surface area contributed by atoms with E-state index in [1.54, 1.807) is 12.4 Å². The first-order chi connectivity index (χ1) is 16.4. The third-order valence-electron chi connectivity index (χ3n) is 6.58. The van der Waals surface area contributed by atoms with Crippen molar-refractivity contribution in [3.05, 3.63) is 58.6 Å². The second-order valence-corrected chi connectivity index (χ2v) is 8.43. The van der Waals surface area contributed by atoms with Gasteiger partial charge in [0, 0.05) is 29.4 Å². The maximum absolute atomic E-state index is 14.8. The minimum Gasteiger partial charge on any atom is -0.493 e. The Balaban J connectivity index is 0.000000764. The molecule has 0 fully saturated rings. The van der Waals surface area contributed by atoms with E-state index < -0.39 is 0 Å². The fourth-order valence-electron chi connectivity index (χ4n) is 5.01. The molecular formula is C24H24FN5O4. The lowest BCUT2D eigenvalue weighted by molar-refractivity contribution is -0.122. The van der Waals surface area contributed by atoms with Crippen molar-refractivity contribution in [2.75, 3.05) is 13.2 Å². The number of rotatable bonds is 1. The molecule has 0 spiro atoms. The maximum Gasteiger partial charge on any atom is 0.290 e. The normalized spacial score (nSPS) is 16.2. The van der Waals surface area contributed by atoms with E-state index in [1.165, 1.54) is 6.07 Å². The summed E-state index contributed by atoms with van der Waals surface area (Å²) in [4.78, 5) is 8.36. The Kier molecular flexibility index (Phi) is 5.43. The van der Waals surface area contributed by atoms with E-state index in [-0.39, 0.29) is 18.2 Å². The summed E-state index contributed by atoms with van der Waals surface area (Å²) >= 11 is 0. The number of aryl methyl sites for hydroxylation is 3. The Hall–Kier alpha value is -3.95. The van der Waals surface area contributed by atoms with Gasteiger partial charge in [0.25, 0.3) is 6.47 Å². The lowest BCUT2D eigenvalue weighted by Crippen LogP contribution is -2.13. The standard InChI is InChI=1S/C23H22FN5O2.CH2O2/c1-12-21(13(2)28(3)27-12)16-8-20-18(29-11-25-26-23(16)29)6-4-15-17(24)5-7-19-22(15)14(9-30-19)10-31-20;2-1-3/h5,7-8,11,14H,4,6,9-10H2,1-3H3;1H,(H,2,3)/t14-;/m1./s1. The summed E-state index contributed by atoms with van der Waals surface area (Å²) in [6.07, 6.45) is 2.87. The quantitative estimate of drug-likeness (QED) is 0.431. The smallest absolute Gasteiger partial charge is 0.290 e. The fourth-order valence-corrected chi connectivity index (χ4v) is 5.01. The monoisotopic (exact) mass is 465 g/mol. The van der Waals surface area contributed by atoms with Gasteiger partial charge in [-0.05, 0) is 50.5 Å². The van der Waals surface area contributed by atoms with E-state index >= 15 is 0 Å². The van der Waals surface area contributed by atoms with Crippen LogP contribution in [-0.2, 0) is 24.7 Å². The number of fused-ring (bicyclic) bond motifs is 3. The van der Waals surface area contributed by atoms with Gasteiger partial charge in [0.1, 0.15) is 23.6 Å². The summed E-state index contributed by atoms with van der Waals surface area (Å²) in [5.41, 5.74) is 7.32. The number of pyridine rings is 1. The molecule has 0 aliphatic carbocycles. The number of benzene rings is 1. The lowest BCUT2D eigenvalue weighted by Gasteiger charge is -2.16. The summed E-state index contributed by atoms with van der Waals surface area (Å²) in [6.45, 7) is 4.72. The summed E-state index contributed by atoms with van der Waals surface area (Å²) in [6, 6.07) is 5.27. The molecule has 0 saturated carbocycles. The number of hydrogen-bond acceptors (Lipinski definition) is 6. The zero-order valence-electron chi connectivity index (χ0n) is 19.1. The molecule has 1 N–H and O–H groups in total. The summed E-state index contributed by atoms with van der Waals surface area (Å²) in [7, 11) is 1.94. The fraction of sp³-hybridized carbons (Fsp3) is 0.333. The molecule has 0 unspecified atom stereocenters. The number of aromatic nitrogens is 5. The molecule has 2 aliphatic heterocycles. The summed E-state index contributed by atoms with van der Waals surface area (Å²) in [5.74, 6) is 1.36. The molecule has 10 heteroatoms. The molecule has 0 radical (unpaired) electrons. The first kappa shape index (κ1) is 21.9. The molecule has 2 aliphatic rings. The Morgan fingerprint density at radius 3 is 2.62 bits per heavy atom. The Bertz CT molecular complexity index is 1410. The molecule has 0 saturated heterocycles. The van der Waals surface area contributed by atoms with Gasteiger partial charge >= 0.3 is 0 Å². The van der Waals surface area contributed by atoms with Crippen LogP contribution in [0.25, 0.3) is 16.8 Å². The molecule has 0 amide bonds. The zero-order chi connectivity index (χ0) is 24.0. The number of nitrogens with zero attached hydrogens (tertiary/aromatic N) is 5. The number of carboxylic acid groups (broad SMARTS) is 1. The first-order valence-corrected chi connectivity index (χ1v) is 11.0. The van der Waals surface area contributed by atoms with Crippen LogP contribution in [0.5, 0.6) is 11.5 Å². The van der Waals surface area contributed by atoms with Gasteiger partial charge in [-0.15, -0.1) is 10.2 Å². The maximum atomic E-state index is 14.8. The van der Waals surface area contributed by atoms with Crippen LogP contribution in [0.15, 0.2) is 24.5 Å². The number of hydrogen-bond donors (Lipinski definition) is 1. The van der Waals surface area contributed by atoms with Crippen molar-refractivity contribution >= 4 is 12.1 Å². The van der Waals surface area contributed by atoms with Crippen LogP contribution in [0, 0.1) is 19.7 Å². The molecule has 0 bridgehead atoms. The van der Waals surface area contributed by atoms with Crippen molar-refractivity contribution in [1.82, 2.24) is 24.4 Å². The molecule has 4 aromatic rings. The molecule has 1 atom stereocenters. The second-order valence-electron chi connectivity index (χ2n) is 8.43. The van der Waals surface area contributed by atoms with Crippen LogP contribution in [0.4, 0.5) is 4.39 Å². The molecule has 1 aromatic carbocycles. The highest BCUT2D eigenvalue weighted by Crippen LogP contribution is 2.41. The number of ether oxygens (including phenoxy) is 2. The van der Waals surface area contributed by atoms with Crippen LogP contribution in [-0.4, -0.2) is 49.2 Å². The SMILES string of the molecule is Cc1nn(C)c(C)c1-c1cc2c(n3cnnc13)CCc1c(F)ccc3c1[C@H](CO3)CO2.O=CO. The minimum atomic E-state index is -0.250. The highest BCUT2D eigenvalue weighted by Gasteiger charge is 2.32. The van der Waals surface area contributed by atoms with Crippen molar-refractivity contribution in [3.63, 3.8) is 0 Å². The van der Waals surface area contributed by atoms with Gasteiger partial charge in [-0.2, -0.15) is 5.10 Å². The van der Waals surface area contributed by atoms with E-state index in [2.05, 4.69) is 15.3 Å². The molecular weight excluding hydrogens is 441 g/mol. The third-order valence-corrected chi connectivity index (χ3v) is 6.58. The summed E-state index contributed by atoms with van der Waals surface area (Å²) in [5, 5.41) is 20.0. The van der Waals surface area contributed by atoms with Crippen LogP contribution < -0.4 is 9.47 Å². The average molecular weight is 465 g/mol. The predicted octanol–water partition coefficient (Wildman–Crippen LogP) is 3.24. The van der Waals surface area contributed by atoms with Crippen molar-refractivity contribution in [2.45, 2.75) is 32.6 Å². The molecule has 34 heavy (non-hydrogen) atoms. The average Bonchev–Trinajstić information content (AvgIpc) is 3.51. The first-order valence-electron chi connectivity index (χ1n) is 11.0. The van der Waals surface area contributed by atoms with E-state index in [1.807, 2.05) is 36.0 Å². The highest BCUT2D eigenvalue weighted by atomic mass is 19.1. The van der Waals surface area contributed by atoms with E-state index in [4.69, 9.17) is 19.4 Å². The van der Waals surface area contributed by atoms with Crippen LogP contribution in [0.2, 0.25) is 0 Å². The molecule has 176 valence electrons. The highest BCUT2D eigenvalue weighted by molar-refractivity contribution is 5.82. The van der Waals surface area contributed by atoms with Gasteiger partial charge in [0.05, 0.1) is 30.5 Å². The second kappa shape index (κ2) is 8.44. The minimum absolute atomic E-state index is 0.00794. The number of halogens is 1. The Morgan fingerprint density at radius 1 is 1.18 bits per heavy atom. The Labute approximate surface area is 194 Å². The third kappa shape index (κ3) is 3.37. The van der Waals surface area contributed by atoms with Crippen molar-refractivity contribution in [2.24, 2.45) is 7.05 Å². The summed E-state index contributed by atoms with van der Waals surface area (Å²) < 4.78 is 30.8. The predicted molar refractivity (Wildman–Crippen MR) is 121 cm³/mol. The van der Waals surface area contributed by atoms with E-state index in [0.29, 0.717) is 26.1 Å². The topological polar surface area (TPSA) is 104 Å². The Morgan fingerprint density at radius 2 is 1.91 bits per heavy atom. The van der Waals surface area contributed by atoms with Crippen molar-refractivity contribution in [3.8, 4) is 22.6 Å². The zero-order valence-corrected chi connectivity index (χ0v) is 19.1.